The molecule has 2 aromatic rings. The van der Waals surface area contributed by atoms with Gasteiger partial charge in [-0.1, -0.05) is 13.8 Å². The van der Waals surface area contributed by atoms with Gasteiger partial charge in [-0.05, 0) is 18.1 Å². The Kier molecular flexibility index (Phi) is 3.28. The van der Waals surface area contributed by atoms with Crippen molar-refractivity contribution >= 4 is 0 Å². The molecule has 0 unspecified atom stereocenters. The van der Waals surface area contributed by atoms with Crippen LogP contribution in [-0.4, -0.2) is 14.1 Å². The van der Waals surface area contributed by atoms with Crippen molar-refractivity contribution in [3.8, 4) is 11.9 Å². The zero-order chi connectivity index (χ0) is 13.1. The minimum absolute atomic E-state index is 0.182. The summed E-state index contributed by atoms with van der Waals surface area (Å²) in [5.74, 6) is 0.637. The van der Waals surface area contributed by atoms with E-state index in [1.54, 1.807) is 35.3 Å². The van der Waals surface area contributed by atoms with Gasteiger partial charge in [0.25, 0.3) is 5.56 Å². The Morgan fingerprint density at radius 3 is 2.89 bits per heavy atom. The molecule has 0 atom stereocenters. The van der Waals surface area contributed by atoms with Crippen LogP contribution in [0.1, 0.15) is 19.5 Å². The Balaban J connectivity index is 2.54. The highest BCUT2D eigenvalue weighted by atomic mass is 16.1. The van der Waals surface area contributed by atoms with E-state index in [2.05, 4.69) is 4.98 Å². The van der Waals surface area contributed by atoms with Crippen LogP contribution < -0.4 is 5.56 Å². The van der Waals surface area contributed by atoms with Crippen molar-refractivity contribution in [2.45, 2.75) is 20.4 Å². The van der Waals surface area contributed by atoms with Gasteiger partial charge in [-0.2, -0.15) is 5.26 Å². The van der Waals surface area contributed by atoms with Crippen LogP contribution in [-0.2, 0) is 6.54 Å². The Hall–Kier alpha value is -2.35. The molecule has 0 amide bonds. The van der Waals surface area contributed by atoms with E-state index in [9.17, 15) is 4.79 Å². The fourth-order valence-electron chi connectivity index (χ4n) is 1.79. The van der Waals surface area contributed by atoms with Crippen molar-refractivity contribution in [2.75, 3.05) is 0 Å². The lowest BCUT2D eigenvalue weighted by molar-refractivity contribution is 0.507. The van der Waals surface area contributed by atoms with Crippen molar-refractivity contribution in [1.82, 2.24) is 14.1 Å². The summed E-state index contributed by atoms with van der Waals surface area (Å²) in [5, 5.41) is 8.97. The van der Waals surface area contributed by atoms with Gasteiger partial charge in [0.05, 0.1) is 0 Å². The summed E-state index contributed by atoms with van der Waals surface area (Å²) < 4.78 is 3.13. The zero-order valence-electron chi connectivity index (χ0n) is 10.4. The van der Waals surface area contributed by atoms with Crippen LogP contribution in [0.2, 0.25) is 0 Å². The summed E-state index contributed by atoms with van der Waals surface area (Å²) in [6.45, 7) is 4.73. The Morgan fingerprint density at radius 1 is 1.44 bits per heavy atom. The number of nitrogens with zero attached hydrogens (tertiary/aromatic N) is 4. The largest absolute Gasteiger partial charge is 0.311 e. The number of hydrogen-bond acceptors (Lipinski definition) is 3. The molecule has 0 spiro atoms. The zero-order valence-corrected chi connectivity index (χ0v) is 10.4. The quantitative estimate of drug-likeness (QED) is 0.820. The van der Waals surface area contributed by atoms with Crippen molar-refractivity contribution < 1.29 is 0 Å². The first-order valence-corrected chi connectivity index (χ1v) is 5.76. The lowest BCUT2D eigenvalue weighted by Gasteiger charge is -2.10. The Labute approximate surface area is 105 Å². The first-order chi connectivity index (χ1) is 8.63. The molecule has 5 heteroatoms. The second kappa shape index (κ2) is 4.88. The molecule has 5 nitrogen and oxygen atoms in total. The molecular weight excluding hydrogens is 228 g/mol. The third kappa shape index (κ3) is 2.18. The number of aromatic nitrogens is 3. The molecule has 0 fully saturated rings. The van der Waals surface area contributed by atoms with Crippen molar-refractivity contribution in [2.24, 2.45) is 5.92 Å². The van der Waals surface area contributed by atoms with E-state index in [0.717, 1.165) is 0 Å². The molecule has 2 aromatic heterocycles. The minimum Gasteiger partial charge on any atom is -0.311 e. The maximum Gasteiger partial charge on any atom is 0.294 e. The van der Waals surface area contributed by atoms with Gasteiger partial charge in [-0.3, -0.25) is 9.36 Å². The topological polar surface area (TPSA) is 63.6 Å². The molecular formula is C13H14N4O. The van der Waals surface area contributed by atoms with Crippen LogP contribution in [0.5, 0.6) is 0 Å². The van der Waals surface area contributed by atoms with E-state index in [0.29, 0.717) is 18.2 Å². The fraction of sp³-hybridized carbons (Fsp3) is 0.308. The maximum absolute atomic E-state index is 12.2. The number of nitriles is 1. The predicted octanol–water partition coefficient (Wildman–Crippen LogP) is 1.56. The van der Waals surface area contributed by atoms with Crippen molar-refractivity contribution in [1.29, 1.82) is 5.26 Å². The standard InChI is InChI=1S/C13H14N4O/c1-10(2)9-16-7-5-15-12(13(16)18)17-6-3-4-11(17)8-14/h3-7,10H,9H2,1-2H3. The first-order valence-electron chi connectivity index (χ1n) is 5.76. The molecule has 0 bridgehead atoms. The molecule has 2 rings (SSSR count). The van der Waals surface area contributed by atoms with E-state index in [1.807, 2.05) is 19.9 Å². The second-order valence-electron chi connectivity index (χ2n) is 4.48. The molecule has 0 N–H and O–H groups in total. The fourth-order valence-corrected chi connectivity index (χ4v) is 1.79. The third-order valence-electron chi connectivity index (χ3n) is 2.55. The SMILES string of the molecule is CC(C)Cn1ccnc(-n2cccc2C#N)c1=O. The monoisotopic (exact) mass is 242 g/mol. The smallest absolute Gasteiger partial charge is 0.294 e. The van der Waals surface area contributed by atoms with E-state index < -0.39 is 0 Å². The first kappa shape index (κ1) is 12.1. The average molecular weight is 242 g/mol. The average Bonchev–Trinajstić information content (AvgIpc) is 2.79. The summed E-state index contributed by atoms with van der Waals surface area (Å²) in [6.07, 6.45) is 4.92. The molecule has 0 aromatic carbocycles. The van der Waals surface area contributed by atoms with Gasteiger partial charge in [0.1, 0.15) is 11.8 Å². The molecule has 0 aliphatic rings. The van der Waals surface area contributed by atoms with Crippen molar-refractivity contribution in [3.63, 3.8) is 0 Å². The molecule has 0 radical (unpaired) electrons. The van der Waals surface area contributed by atoms with Gasteiger partial charge < -0.3 is 4.57 Å². The van der Waals surface area contributed by atoms with Gasteiger partial charge in [-0.15, -0.1) is 0 Å². The van der Waals surface area contributed by atoms with Gasteiger partial charge in [0.15, 0.2) is 0 Å². The maximum atomic E-state index is 12.2. The molecule has 0 aliphatic heterocycles. The highest BCUT2D eigenvalue weighted by Crippen LogP contribution is 2.06. The summed E-state index contributed by atoms with van der Waals surface area (Å²) in [5.41, 5.74) is 0.223. The van der Waals surface area contributed by atoms with E-state index >= 15 is 0 Å². The Morgan fingerprint density at radius 2 is 2.22 bits per heavy atom. The van der Waals surface area contributed by atoms with Crippen LogP contribution in [0, 0.1) is 17.2 Å². The molecule has 0 saturated carbocycles. The molecule has 0 saturated heterocycles. The number of hydrogen-bond donors (Lipinski definition) is 0. The predicted molar refractivity (Wildman–Crippen MR) is 67.4 cm³/mol. The summed E-state index contributed by atoms with van der Waals surface area (Å²) in [7, 11) is 0. The second-order valence-corrected chi connectivity index (χ2v) is 4.48. The third-order valence-corrected chi connectivity index (χ3v) is 2.55. The van der Waals surface area contributed by atoms with Crippen LogP contribution in [0.15, 0.2) is 35.5 Å². The van der Waals surface area contributed by atoms with Crippen LogP contribution in [0.4, 0.5) is 0 Å². The minimum atomic E-state index is -0.182. The lowest BCUT2D eigenvalue weighted by atomic mass is 10.2. The van der Waals surface area contributed by atoms with Gasteiger partial charge in [0.2, 0.25) is 5.82 Å². The Bertz CT molecular complexity index is 645. The molecule has 18 heavy (non-hydrogen) atoms. The van der Waals surface area contributed by atoms with E-state index in [4.69, 9.17) is 5.26 Å². The van der Waals surface area contributed by atoms with Gasteiger partial charge >= 0.3 is 0 Å². The van der Waals surface area contributed by atoms with Crippen LogP contribution in [0.3, 0.4) is 0 Å². The highest BCUT2D eigenvalue weighted by molar-refractivity contribution is 5.32. The lowest BCUT2D eigenvalue weighted by Crippen LogP contribution is -2.27. The van der Waals surface area contributed by atoms with E-state index in [-0.39, 0.29) is 11.4 Å². The molecule has 2 heterocycles. The summed E-state index contributed by atoms with van der Waals surface area (Å²) in [4.78, 5) is 16.3. The summed E-state index contributed by atoms with van der Waals surface area (Å²) in [6, 6.07) is 5.41. The normalized spacial score (nSPS) is 10.6. The van der Waals surface area contributed by atoms with E-state index in [1.165, 1.54) is 4.57 Å². The van der Waals surface area contributed by atoms with Crippen molar-refractivity contribution in [3.05, 3.63) is 46.8 Å². The number of rotatable bonds is 3. The van der Waals surface area contributed by atoms with Gasteiger partial charge in [-0.25, -0.2) is 4.98 Å². The molecule has 92 valence electrons. The molecule has 0 aliphatic carbocycles. The van der Waals surface area contributed by atoms with Crippen LogP contribution in [0.25, 0.3) is 5.82 Å². The van der Waals surface area contributed by atoms with Gasteiger partial charge in [0, 0.05) is 25.1 Å². The highest BCUT2D eigenvalue weighted by Gasteiger charge is 2.10. The van der Waals surface area contributed by atoms with Crippen LogP contribution >= 0.6 is 0 Å². The summed E-state index contributed by atoms with van der Waals surface area (Å²) >= 11 is 0.